The highest BCUT2D eigenvalue weighted by Crippen LogP contribution is 2.26. The maximum absolute atomic E-state index is 13.8. The zero-order chi connectivity index (χ0) is 11.7. The molecule has 1 saturated heterocycles. The number of carbonyl (C=O) groups excluding carboxylic acids is 1. The Morgan fingerprint density at radius 1 is 1.50 bits per heavy atom. The second kappa shape index (κ2) is 4.24. The van der Waals surface area contributed by atoms with E-state index in [1.807, 2.05) is 4.90 Å². The van der Waals surface area contributed by atoms with Crippen molar-refractivity contribution in [1.82, 2.24) is 0 Å². The van der Waals surface area contributed by atoms with Crippen LogP contribution in [-0.4, -0.2) is 18.9 Å². The van der Waals surface area contributed by atoms with Gasteiger partial charge in [-0.2, -0.15) is 0 Å². The standard InChI is InChI=1S/C13H16FNO/c1-9-5-6-15(8-9)13-4-3-11(10(2)16)7-12(13)14/h3-4,7,9H,5-6,8H2,1-2H3. The lowest BCUT2D eigenvalue weighted by molar-refractivity contribution is 0.101. The topological polar surface area (TPSA) is 20.3 Å². The minimum Gasteiger partial charge on any atom is -0.369 e. The number of carbonyl (C=O) groups is 1. The molecule has 1 aromatic rings. The highest BCUT2D eigenvalue weighted by molar-refractivity contribution is 5.94. The fourth-order valence-electron chi connectivity index (χ4n) is 2.14. The average Bonchev–Trinajstić information content (AvgIpc) is 2.64. The van der Waals surface area contributed by atoms with Crippen molar-refractivity contribution in [3.8, 4) is 0 Å². The normalized spacial score (nSPS) is 20.2. The van der Waals surface area contributed by atoms with E-state index in [9.17, 15) is 9.18 Å². The van der Waals surface area contributed by atoms with Gasteiger partial charge in [0.1, 0.15) is 5.82 Å². The number of anilines is 1. The van der Waals surface area contributed by atoms with Crippen molar-refractivity contribution in [3.63, 3.8) is 0 Å². The summed E-state index contributed by atoms with van der Waals surface area (Å²) in [5.74, 6) is 0.230. The fourth-order valence-corrected chi connectivity index (χ4v) is 2.14. The quantitative estimate of drug-likeness (QED) is 0.716. The van der Waals surface area contributed by atoms with Crippen molar-refractivity contribution < 1.29 is 9.18 Å². The van der Waals surface area contributed by atoms with E-state index >= 15 is 0 Å². The number of nitrogens with zero attached hydrogens (tertiary/aromatic N) is 1. The van der Waals surface area contributed by atoms with E-state index in [0.29, 0.717) is 17.2 Å². The van der Waals surface area contributed by atoms with Crippen LogP contribution in [0.15, 0.2) is 18.2 Å². The van der Waals surface area contributed by atoms with Gasteiger partial charge < -0.3 is 4.90 Å². The molecule has 0 aliphatic carbocycles. The van der Waals surface area contributed by atoms with Crippen LogP contribution in [0.5, 0.6) is 0 Å². The first kappa shape index (κ1) is 11.1. The van der Waals surface area contributed by atoms with Gasteiger partial charge in [-0.05, 0) is 37.5 Å². The Bertz CT molecular complexity index is 416. The Morgan fingerprint density at radius 3 is 2.75 bits per heavy atom. The average molecular weight is 221 g/mol. The highest BCUT2D eigenvalue weighted by atomic mass is 19.1. The van der Waals surface area contributed by atoms with Crippen LogP contribution < -0.4 is 4.90 Å². The van der Waals surface area contributed by atoms with Crippen molar-refractivity contribution in [3.05, 3.63) is 29.6 Å². The molecule has 0 spiro atoms. The summed E-state index contributed by atoms with van der Waals surface area (Å²) in [7, 11) is 0. The molecule has 3 heteroatoms. The molecule has 1 fully saturated rings. The first-order valence-electron chi connectivity index (χ1n) is 5.63. The fraction of sp³-hybridized carbons (Fsp3) is 0.462. The molecule has 1 aliphatic heterocycles. The summed E-state index contributed by atoms with van der Waals surface area (Å²) in [6, 6.07) is 4.74. The number of halogens is 1. The molecule has 0 radical (unpaired) electrons. The summed E-state index contributed by atoms with van der Waals surface area (Å²) in [4.78, 5) is 13.1. The molecule has 0 bridgehead atoms. The molecular formula is C13H16FNO. The third-order valence-electron chi connectivity index (χ3n) is 3.12. The summed E-state index contributed by atoms with van der Waals surface area (Å²) in [5.41, 5.74) is 1.06. The van der Waals surface area contributed by atoms with Crippen molar-refractivity contribution in [2.45, 2.75) is 20.3 Å². The summed E-state index contributed by atoms with van der Waals surface area (Å²) in [5, 5.41) is 0. The number of Topliss-reactive ketones (excluding diaryl/α,β-unsaturated/α-hetero) is 1. The molecule has 1 heterocycles. The SMILES string of the molecule is CC(=O)c1ccc(N2CCC(C)C2)c(F)c1. The summed E-state index contributed by atoms with van der Waals surface area (Å²) in [6.07, 6.45) is 1.11. The Balaban J connectivity index is 2.26. The zero-order valence-electron chi connectivity index (χ0n) is 9.66. The van der Waals surface area contributed by atoms with Gasteiger partial charge in [0, 0.05) is 18.7 Å². The Morgan fingerprint density at radius 2 is 2.25 bits per heavy atom. The van der Waals surface area contributed by atoms with Gasteiger partial charge in [-0.25, -0.2) is 4.39 Å². The van der Waals surface area contributed by atoms with Crippen molar-refractivity contribution in [2.24, 2.45) is 5.92 Å². The molecule has 0 saturated carbocycles. The second-order valence-electron chi connectivity index (χ2n) is 4.56. The maximum atomic E-state index is 13.8. The van der Waals surface area contributed by atoms with Crippen molar-refractivity contribution in [1.29, 1.82) is 0 Å². The molecule has 0 aromatic heterocycles. The van der Waals surface area contributed by atoms with Gasteiger partial charge in [0.05, 0.1) is 5.69 Å². The molecule has 1 unspecified atom stereocenters. The summed E-state index contributed by atoms with van der Waals surface area (Å²) < 4.78 is 13.8. The number of benzene rings is 1. The van der Waals surface area contributed by atoms with E-state index in [1.54, 1.807) is 12.1 Å². The third-order valence-corrected chi connectivity index (χ3v) is 3.12. The van der Waals surface area contributed by atoms with Gasteiger partial charge in [0.25, 0.3) is 0 Å². The van der Waals surface area contributed by atoms with Gasteiger partial charge >= 0.3 is 0 Å². The first-order valence-corrected chi connectivity index (χ1v) is 5.63. The van der Waals surface area contributed by atoms with Gasteiger partial charge in [-0.15, -0.1) is 0 Å². The lowest BCUT2D eigenvalue weighted by Gasteiger charge is -2.19. The van der Waals surface area contributed by atoms with Gasteiger partial charge in [0.2, 0.25) is 0 Å². The summed E-state index contributed by atoms with van der Waals surface area (Å²) >= 11 is 0. The first-order chi connectivity index (χ1) is 7.58. The largest absolute Gasteiger partial charge is 0.369 e. The molecular weight excluding hydrogens is 205 g/mol. The van der Waals surface area contributed by atoms with E-state index in [2.05, 4.69) is 6.92 Å². The van der Waals surface area contributed by atoms with Crippen LogP contribution in [0.3, 0.4) is 0 Å². The van der Waals surface area contributed by atoms with Crippen LogP contribution in [0.2, 0.25) is 0 Å². The van der Waals surface area contributed by atoms with Crippen LogP contribution in [-0.2, 0) is 0 Å². The lowest BCUT2D eigenvalue weighted by Crippen LogP contribution is -2.20. The smallest absolute Gasteiger partial charge is 0.159 e. The maximum Gasteiger partial charge on any atom is 0.159 e. The number of rotatable bonds is 2. The Labute approximate surface area is 95.1 Å². The van der Waals surface area contributed by atoms with Gasteiger partial charge in [0.15, 0.2) is 5.78 Å². The van der Waals surface area contributed by atoms with Crippen molar-refractivity contribution in [2.75, 3.05) is 18.0 Å². The third kappa shape index (κ3) is 2.08. The van der Waals surface area contributed by atoms with E-state index < -0.39 is 0 Å². The van der Waals surface area contributed by atoms with E-state index in [0.717, 1.165) is 19.5 Å². The van der Waals surface area contributed by atoms with Gasteiger partial charge in [-0.3, -0.25) is 4.79 Å². The predicted molar refractivity (Wildman–Crippen MR) is 62.4 cm³/mol. The molecule has 2 nitrogen and oxygen atoms in total. The zero-order valence-corrected chi connectivity index (χ0v) is 9.66. The number of ketones is 1. The van der Waals surface area contributed by atoms with Gasteiger partial charge in [-0.1, -0.05) is 6.92 Å². The van der Waals surface area contributed by atoms with E-state index in [4.69, 9.17) is 0 Å². The van der Waals surface area contributed by atoms with E-state index in [1.165, 1.54) is 13.0 Å². The van der Waals surface area contributed by atoms with Crippen LogP contribution in [0, 0.1) is 11.7 Å². The van der Waals surface area contributed by atoms with Crippen LogP contribution >= 0.6 is 0 Å². The molecule has 1 aromatic carbocycles. The molecule has 1 aliphatic rings. The molecule has 16 heavy (non-hydrogen) atoms. The molecule has 86 valence electrons. The minimum absolute atomic E-state index is 0.0970. The van der Waals surface area contributed by atoms with Crippen LogP contribution in [0.25, 0.3) is 0 Å². The van der Waals surface area contributed by atoms with Crippen LogP contribution in [0.4, 0.5) is 10.1 Å². The Kier molecular flexibility index (Phi) is 2.95. The monoisotopic (exact) mass is 221 g/mol. The van der Waals surface area contributed by atoms with Crippen LogP contribution in [0.1, 0.15) is 30.6 Å². The summed E-state index contributed by atoms with van der Waals surface area (Å²) in [6.45, 7) is 5.42. The molecule has 2 rings (SSSR count). The highest BCUT2D eigenvalue weighted by Gasteiger charge is 2.21. The minimum atomic E-state index is -0.290. The number of hydrogen-bond acceptors (Lipinski definition) is 2. The predicted octanol–water partition coefficient (Wildman–Crippen LogP) is 2.87. The second-order valence-corrected chi connectivity index (χ2v) is 4.56. The Hall–Kier alpha value is -1.38. The molecule has 0 amide bonds. The lowest BCUT2D eigenvalue weighted by atomic mass is 10.1. The molecule has 1 atom stereocenters. The van der Waals surface area contributed by atoms with Crippen molar-refractivity contribution >= 4 is 11.5 Å². The number of hydrogen-bond donors (Lipinski definition) is 0. The molecule has 0 N–H and O–H groups in total. The van der Waals surface area contributed by atoms with E-state index in [-0.39, 0.29) is 11.6 Å².